The number of hydrogen-bond donors (Lipinski definition) is 2. The van der Waals surface area contributed by atoms with Gasteiger partial charge in [0.15, 0.2) is 0 Å². The van der Waals surface area contributed by atoms with E-state index in [1.807, 2.05) is 12.1 Å². The van der Waals surface area contributed by atoms with E-state index in [1.54, 1.807) is 24.3 Å². The predicted molar refractivity (Wildman–Crippen MR) is 91.1 cm³/mol. The monoisotopic (exact) mass is 328 g/mol. The maximum atomic E-state index is 10.8. The van der Waals surface area contributed by atoms with Crippen molar-refractivity contribution in [1.29, 1.82) is 0 Å². The average Bonchev–Trinajstić information content (AvgIpc) is 2.58. The van der Waals surface area contributed by atoms with Crippen molar-refractivity contribution < 1.29 is 14.8 Å². The molecule has 0 radical (unpaired) electrons. The van der Waals surface area contributed by atoms with Crippen LogP contribution in [0.2, 0.25) is 0 Å². The third-order valence-electron chi connectivity index (χ3n) is 3.75. The van der Waals surface area contributed by atoms with Crippen LogP contribution in [0.4, 0.5) is 5.69 Å². The third-order valence-corrected chi connectivity index (χ3v) is 3.75. The summed E-state index contributed by atoms with van der Waals surface area (Å²) in [5.41, 5.74) is 2.57. The lowest BCUT2D eigenvalue weighted by molar-refractivity contribution is -0.384. The SMILES string of the molecule is O=C(O)c1ccc(CNCCCCc2ccc([N+](=O)[O-])cc2)cc1. The number of nitrogens with zero attached hydrogens (tertiary/aromatic N) is 1. The fourth-order valence-corrected chi connectivity index (χ4v) is 2.36. The van der Waals surface area contributed by atoms with Crippen molar-refractivity contribution in [3.63, 3.8) is 0 Å². The molecule has 0 aromatic heterocycles. The molecule has 0 aliphatic rings. The highest BCUT2D eigenvalue weighted by molar-refractivity contribution is 5.87. The van der Waals surface area contributed by atoms with Crippen LogP contribution in [0.25, 0.3) is 0 Å². The van der Waals surface area contributed by atoms with Crippen molar-refractivity contribution in [1.82, 2.24) is 5.32 Å². The van der Waals surface area contributed by atoms with Gasteiger partial charge in [0, 0.05) is 18.7 Å². The van der Waals surface area contributed by atoms with Crippen LogP contribution in [-0.4, -0.2) is 22.5 Å². The quantitative estimate of drug-likeness (QED) is 0.418. The number of benzene rings is 2. The van der Waals surface area contributed by atoms with E-state index in [2.05, 4.69) is 5.32 Å². The number of non-ortho nitro benzene ring substituents is 1. The summed E-state index contributed by atoms with van der Waals surface area (Å²) >= 11 is 0. The zero-order valence-electron chi connectivity index (χ0n) is 13.3. The number of aryl methyl sites for hydroxylation is 1. The lowest BCUT2D eigenvalue weighted by atomic mass is 10.1. The summed E-state index contributed by atoms with van der Waals surface area (Å²) in [6, 6.07) is 13.5. The number of unbranched alkanes of at least 4 members (excludes halogenated alkanes) is 1. The summed E-state index contributed by atoms with van der Waals surface area (Å²) in [7, 11) is 0. The van der Waals surface area contributed by atoms with Gasteiger partial charge in [-0.1, -0.05) is 24.3 Å². The fraction of sp³-hybridized carbons (Fsp3) is 0.278. The first-order valence-electron chi connectivity index (χ1n) is 7.82. The Labute approximate surface area is 140 Å². The molecule has 0 saturated carbocycles. The molecule has 2 aromatic rings. The van der Waals surface area contributed by atoms with Crippen LogP contribution < -0.4 is 5.32 Å². The highest BCUT2D eigenvalue weighted by atomic mass is 16.6. The molecule has 2 rings (SSSR count). The van der Waals surface area contributed by atoms with Crippen LogP contribution >= 0.6 is 0 Å². The molecule has 126 valence electrons. The fourth-order valence-electron chi connectivity index (χ4n) is 2.36. The lowest BCUT2D eigenvalue weighted by Gasteiger charge is -2.06. The van der Waals surface area contributed by atoms with Gasteiger partial charge in [-0.3, -0.25) is 10.1 Å². The van der Waals surface area contributed by atoms with Gasteiger partial charge < -0.3 is 10.4 Å². The average molecular weight is 328 g/mol. The van der Waals surface area contributed by atoms with E-state index in [9.17, 15) is 14.9 Å². The Kier molecular flexibility index (Phi) is 6.45. The van der Waals surface area contributed by atoms with Gasteiger partial charge in [0.1, 0.15) is 0 Å². The summed E-state index contributed by atoms with van der Waals surface area (Å²) in [6.07, 6.45) is 2.90. The first-order valence-corrected chi connectivity index (χ1v) is 7.82. The number of nitro benzene ring substituents is 1. The number of carboxylic acids is 1. The van der Waals surface area contributed by atoms with E-state index in [-0.39, 0.29) is 5.69 Å². The second kappa shape index (κ2) is 8.79. The number of hydrogen-bond acceptors (Lipinski definition) is 4. The summed E-state index contributed by atoms with van der Waals surface area (Å²) in [5.74, 6) is -0.916. The molecule has 0 amide bonds. The summed E-state index contributed by atoms with van der Waals surface area (Å²) in [6.45, 7) is 1.57. The zero-order chi connectivity index (χ0) is 17.4. The van der Waals surface area contributed by atoms with Gasteiger partial charge in [0.25, 0.3) is 5.69 Å². The minimum atomic E-state index is -0.916. The smallest absolute Gasteiger partial charge is 0.335 e. The largest absolute Gasteiger partial charge is 0.478 e. The predicted octanol–water partition coefficient (Wildman–Crippen LogP) is 3.41. The third kappa shape index (κ3) is 5.48. The summed E-state index contributed by atoms with van der Waals surface area (Å²) < 4.78 is 0. The van der Waals surface area contributed by atoms with Gasteiger partial charge in [-0.15, -0.1) is 0 Å². The van der Waals surface area contributed by atoms with Crippen LogP contribution in [0.5, 0.6) is 0 Å². The molecule has 0 heterocycles. The number of carboxylic acid groups (broad SMARTS) is 1. The highest BCUT2D eigenvalue weighted by Crippen LogP contribution is 2.13. The molecule has 6 nitrogen and oxygen atoms in total. The van der Waals surface area contributed by atoms with E-state index in [4.69, 9.17) is 5.11 Å². The summed E-state index contributed by atoms with van der Waals surface area (Å²) in [5, 5.41) is 22.7. The number of nitrogens with one attached hydrogen (secondary N) is 1. The highest BCUT2D eigenvalue weighted by Gasteiger charge is 2.04. The number of carbonyl (C=O) groups is 1. The van der Waals surface area contributed by atoms with Crippen molar-refractivity contribution in [2.45, 2.75) is 25.8 Å². The maximum Gasteiger partial charge on any atom is 0.335 e. The molecular formula is C18H20N2O4. The standard InChI is InChI=1S/C18H20N2O4/c21-18(22)16-8-4-15(5-9-16)13-19-12-2-1-3-14-6-10-17(11-7-14)20(23)24/h4-11,19H,1-3,12-13H2,(H,21,22). The van der Waals surface area contributed by atoms with Crippen molar-refractivity contribution in [2.75, 3.05) is 6.54 Å². The van der Waals surface area contributed by atoms with Gasteiger partial charge in [-0.25, -0.2) is 4.79 Å². The van der Waals surface area contributed by atoms with E-state index in [0.717, 1.165) is 36.9 Å². The second-order valence-corrected chi connectivity index (χ2v) is 5.56. The molecule has 0 atom stereocenters. The Bertz CT molecular complexity index is 620. The molecule has 0 aliphatic heterocycles. The zero-order valence-corrected chi connectivity index (χ0v) is 13.3. The van der Waals surface area contributed by atoms with Gasteiger partial charge in [0.05, 0.1) is 10.5 Å². The minimum absolute atomic E-state index is 0.120. The minimum Gasteiger partial charge on any atom is -0.478 e. The molecule has 6 heteroatoms. The van der Waals surface area contributed by atoms with Crippen LogP contribution in [0, 0.1) is 10.1 Å². The number of aromatic carboxylic acids is 1. The van der Waals surface area contributed by atoms with E-state index < -0.39 is 10.9 Å². The van der Waals surface area contributed by atoms with Crippen molar-refractivity contribution in [2.24, 2.45) is 0 Å². The van der Waals surface area contributed by atoms with E-state index in [1.165, 1.54) is 12.1 Å². The Morgan fingerprint density at radius 3 is 2.21 bits per heavy atom. The van der Waals surface area contributed by atoms with Gasteiger partial charge in [-0.05, 0) is 49.1 Å². The van der Waals surface area contributed by atoms with Crippen LogP contribution in [0.1, 0.15) is 34.3 Å². The molecule has 24 heavy (non-hydrogen) atoms. The molecule has 0 unspecified atom stereocenters. The first kappa shape index (κ1) is 17.6. The Morgan fingerprint density at radius 2 is 1.62 bits per heavy atom. The second-order valence-electron chi connectivity index (χ2n) is 5.56. The van der Waals surface area contributed by atoms with Crippen molar-refractivity contribution in [3.05, 3.63) is 75.3 Å². The van der Waals surface area contributed by atoms with E-state index in [0.29, 0.717) is 12.1 Å². The first-order chi connectivity index (χ1) is 11.6. The van der Waals surface area contributed by atoms with Crippen LogP contribution in [0.15, 0.2) is 48.5 Å². The Morgan fingerprint density at radius 1 is 1.00 bits per heavy atom. The molecule has 0 spiro atoms. The molecule has 2 aromatic carbocycles. The topological polar surface area (TPSA) is 92.5 Å². The van der Waals surface area contributed by atoms with E-state index >= 15 is 0 Å². The molecule has 0 aliphatic carbocycles. The molecule has 2 N–H and O–H groups in total. The van der Waals surface area contributed by atoms with Gasteiger partial charge in [-0.2, -0.15) is 0 Å². The maximum absolute atomic E-state index is 10.8. The normalized spacial score (nSPS) is 10.5. The molecular weight excluding hydrogens is 308 g/mol. The van der Waals surface area contributed by atoms with Crippen molar-refractivity contribution in [3.8, 4) is 0 Å². The lowest BCUT2D eigenvalue weighted by Crippen LogP contribution is -2.15. The molecule has 0 bridgehead atoms. The van der Waals surface area contributed by atoms with Gasteiger partial charge in [0.2, 0.25) is 0 Å². The van der Waals surface area contributed by atoms with Crippen LogP contribution in [0.3, 0.4) is 0 Å². The van der Waals surface area contributed by atoms with Gasteiger partial charge >= 0.3 is 5.97 Å². The number of rotatable bonds is 9. The van der Waals surface area contributed by atoms with Crippen molar-refractivity contribution >= 4 is 11.7 Å². The Hall–Kier alpha value is -2.73. The number of nitro groups is 1. The Balaban J connectivity index is 1.62. The molecule has 0 fully saturated rings. The van der Waals surface area contributed by atoms with Crippen LogP contribution in [-0.2, 0) is 13.0 Å². The molecule has 0 saturated heterocycles. The summed E-state index contributed by atoms with van der Waals surface area (Å²) in [4.78, 5) is 21.0.